The molecule has 0 saturated carbocycles. The number of halogens is 1. The molecular weight excluding hydrogens is 214 g/mol. The highest BCUT2D eigenvalue weighted by Crippen LogP contribution is 2.01. The molecule has 0 fully saturated rings. The van der Waals surface area contributed by atoms with Crippen LogP contribution in [0.2, 0.25) is 0 Å². The van der Waals surface area contributed by atoms with Crippen LogP contribution in [-0.4, -0.2) is 29.2 Å². The lowest BCUT2D eigenvalue weighted by atomic mass is 10.4. The Labute approximate surface area is 81.1 Å². The molecule has 7 heteroatoms. The first kappa shape index (κ1) is 10.5. The van der Waals surface area contributed by atoms with Crippen molar-refractivity contribution in [1.82, 2.24) is 15.0 Å². The Morgan fingerprint density at radius 3 is 2.77 bits per heavy atom. The van der Waals surface area contributed by atoms with Gasteiger partial charge in [-0.2, -0.15) is 0 Å². The molecule has 0 unspecified atom stereocenters. The highest BCUT2D eigenvalue weighted by molar-refractivity contribution is 8.13. The van der Waals surface area contributed by atoms with Crippen LogP contribution in [0.4, 0.5) is 0 Å². The smallest absolute Gasteiger partial charge is 0.232 e. The summed E-state index contributed by atoms with van der Waals surface area (Å²) in [6.45, 7) is 2.65. The van der Waals surface area contributed by atoms with E-state index in [2.05, 4.69) is 10.3 Å². The van der Waals surface area contributed by atoms with Crippen molar-refractivity contribution < 1.29 is 8.42 Å². The number of hydrogen-bond acceptors (Lipinski definition) is 4. The van der Waals surface area contributed by atoms with Crippen molar-refractivity contribution in [2.75, 3.05) is 5.75 Å². The molecule has 0 atom stereocenters. The van der Waals surface area contributed by atoms with Crippen molar-refractivity contribution >= 4 is 19.7 Å². The van der Waals surface area contributed by atoms with Crippen molar-refractivity contribution in [2.24, 2.45) is 0 Å². The van der Waals surface area contributed by atoms with E-state index in [9.17, 15) is 8.42 Å². The normalized spacial score (nSPS) is 11.8. The summed E-state index contributed by atoms with van der Waals surface area (Å²) in [4.78, 5) is 0. The van der Waals surface area contributed by atoms with Crippen LogP contribution < -0.4 is 0 Å². The molecule has 0 bridgehead atoms. The lowest BCUT2D eigenvalue weighted by Gasteiger charge is -1.91. The van der Waals surface area contributed by atoms with Crippen LogP contribution in [-0.2, 0) is 22.0 Å². The maximum atomic E-state index is 10.6. The molecule has 13 heavy (non-hydrogen) atoms. The minimum absolute atomic E-state index is 0.100. The third-order valence-corrected chi connectivity index (χ3v) is 2.67. The van der Waals surface area contributed by atoms with Gasteiger partial charge in [0.2, 0.25) is 9.05 Å². The fraction of sp³-hybridized carbons (Fsp3) is 0.667. The molecule has 0 aromatic carbocycles. The summed E-state index contributed by atoms with van der Waals surface area (Å²) in [5.74, 6) is -0.100. The van der Waals surface area contributed by atoms with Gasteiger partial charge in [0, 0.05) is 29.8 Å². The summed E-state index contributed by atoms with van der Waals surface area (Å²) in [5.41, 5.74) is 0.645. The zero-order valence-corrected chi connectivity index (χ0v) is 8.72. The van der Waals surface area contributed by atoms with Gasteiger partial charge in [-0.25, -0.2) is 8.42 Å². The second-order valence-corrected chi connectivity index (χ2v) is 5.46. The van der Waals surface area contributed by atoms with Crippen molar-refractivity contribution in [2.45, 2.75) is 19.9 Å². The lowest BCUT2D eigenvalue weighted by molar-refractivity contribution is 0.608. The van der Waals surface area contributed by atoms with E-state index in [0.29, 0.717) is 12.1 Å². The van der Waals surface area contributed by atoms with E-state index in [1.807, 2.05) is 6.92 Å². The lowest BCUT2D eigenvalue weighted by Crippen LogP contribution is -2.01. The van der Waals surface area contributed by atoms with Crippen LogP contribution >= 0.6 is 10.7 Å². The summed E-state index contributed by atoms with van der Waals surface area (Å²) in [5, 5.41) is 7.54. The van der Waals surface area contributed by atoms with Crippen LogP contribution in [0.5, 0.6) is 0 Å². The summed E-state index contributed by atoms with van der Waals surface area (Å²) >= 11 is 0. The SMILES string of the molecule is CCn1cc(CCS(=O)(=O)Cl)nn1. The van der Waals surface area contributed by atoms with Crippen LogP contribution in [0.1, 0.15) is 12.6 Å². The molecule has 0 saturated heterocycles. The zero-order valence-electron chi connectivity index (χ0n) is 7.14. The van der Waals surface area contributed by atoms with Gasteiger partial charge < -0.3 is 0 Å². The summed E-state index contributed by atoms with van der Waals surface area (Å²) in [6, 6.07) is 0. The molecule has 0 aliphatic heterocycles. The molecule has 1 aromatic heterocycles. The predicted octanol–water partition coefficient (Wildman–Crippen LogP) is 0.409. The second-order valence-electron chi connectivity index (χ2n) is 2.56. The fourth-order valence-corrected chi connectivity index (χ4v) is 1.52. The second kappa shape index (κ2) is 4.06. The van der Waals surface area contributed by atoms with Crippen LogP contribution in [0, 0.1) is 0 Å². The monoisotopic (exact) mass is 223 g/mol. The van der Waals surface area contributed by atoms with Crippen molar-refractivity contribution in [3.8, 4) is 0 Å². The van der Waals surface area contributed by atoms with Gasteiger partial charge >= 0.3 is 0 Å². The van der Waals surface area contributed by atoms with E-state index in [0.717, 1.165) is 6.54 Å². The average molecular weight is 224 g/mol. The molecule has 1 aromatic rings. The first-order valence-electron chi connectivity index (χ1n) is 3.82. The Balaban J connectivity index is 2.55. The Morgan fingerprint density at radius 1 is 1.62 bits per heavy atom. The van der Waals surface area contributed by atoms with Gasteiger partial charge in [-0.05, 0) is 6.92 Å². The predicted molar refractivity (Wildman–Crippen MR) is 49.0 cm³/mol. The number of aryl methyl sites for hydroxylation is 2. The number of rotatable bonds is 4. The van der Waals surface area contributed by atoms with E-state index in [-0.39, 0.29) is 5.75 Å². The van der Waals surface area contributed by atoms with Gasteiger partial charge in [-0.3, -0.25) is 4.68 Å². The van der Waals surface area contributed by atoms with Crippen molar-refractivity contribution in [3.05, 3.63) is 11.9 Å². The summed E-state index contributed by atoms with van der Waals surface area (Å²) in [7, 11) is 1.62. The number of hydrogen-bond donors (Lipinski definition) is 0. The first-order chi connectivity index (χ1) is 6.01. The molecule has 0 amide bonds. The van der Waals surface area contributed by atoms with Gasteiger partial charge in [-0.1, -0.05) is 5.21 Å². The van der Waals surface area contributed by atoms with Gasteiger partial charge in [0.15, 0.2) is 0 Å². The third kappa shape index (κ3) is 3.73. The number of aromatic nitrogens is 3. The molecule has 74 valence electrons. The molecule has 0 radical (unpaired) electrons. The Bertz CT molecular complexity index is 373. The quantitative estimate of drug-likeness (QED) is 0.694. The zero-order chi connectivity index (χ0) is 9.90. The molecule has 0 spiro atoms. The molecule has 0 N–H and O–H groups in total. The highest BCUT2D eigenvalue weighted by atomic mass is 35.7. The Morgan fingerprint density at radius 2 is 2.31 bits per heavy atom. The Kier molecular flexibility index (Phi) is 3.27. The summed E-state index contributed by atoms with van der Waals surface area (Å²) in [6.07, 6.45) is 2.02. The standard InChI is InChI=1S/C6H10ClN3O2S/c1-2-10-5-6(8-9-10)3-4-13(7,11)12/h5H,2-4H2,1H3. The van der Waals surface area contributed by atoms with Gasteiger partial charge in [-0.15, -0.1) is 5.10 Å². The molecule has 0 aliphatic carbocycles. The van der Waals surface area contributed by atoms with E-state index >= 15 is 0 Å². The van der Waals surface area contributed by atoms with Crippen LogP contribution in [0.3, 0.4) is 0 Å². The van der Waals surface area contributed by atoms with Crippen LogP contribution in [0.25, 0.3) is 0 Å². The van der Waals surface area contributed by atoms with E-state index in [4.69, 9.17) is 10.7 Å². The van der Waals surface area contributed by atoms with Gasteiger partial charge in [0.1, 0.15) is 0 Å². The van der Waals surface area contributed by atoms with Crippen LogP contribution in [0.15, 0.2) is 6.20 Å². The molecule has 0 aliphatic rings. The van der Waals surface area contributed by atoms with Gasteiger partial charge in [0.05, 0.1) is 11.4 Å². The van der Waals surface area contributed by atoms with E-state index in [1.165, 1.54) is 0 Å². The maximum absolute atomic E-state index is 10.6. The molecule has 1 rings (SSSR count). The Hall–Kier alpha value is -0.620. The first-order valence-corrected chi connectivity index (χ1v) is 6.30. The highest BCUT2D eigenvalue weighted by Gasteiger charge is 2.07. The minimum Gasteiger partial charge on any atom is -0.253 e. The van der Waals surface area contributed by atoms with Gasteiger partial charge in [0.25, 0.3) is 0 Å². The van der Waals surface area contributed by atoms with E-state index < -0.39 is 9.05 Å². The van der Waals surface area contributed by atoms with Crippen molar-refractivity contribution in [1.29, 1.82) is 0 Å². The van der Waals surface area contributed by atoms with E-state index in [1.54, 1.807) is 10.9 Å². The third-order valence-electron chi connectivity index (χ3n) is 1.51. The molecule has 1 heterocycles. The maximum Gasteiger partial charge on any atom is 0.232 e. The minimum atomic E-state index is -3.42. The molecular formula is C6H10ClN3O2S. The average Bonchev–Trinajstić information content (AvgIpc) is 2.47. The number of nitrogens with zero attached hydrogens (tertiary/aromatic N) is 3. The molecule has 5 nitrogen and oxygen atoms in total. The fourth-order valence-electron chi connectivity index (χ4n) is 0.834. The summed E-state index contributed by atoms with van der Waals surface area (Å²) < 4.78 is 22.8. The van der Waals surface area contributed by atoms with Crippen molar-refractivity contribution in [3.63, 3.8) is 0 Å². The largest absolute Gasteiger partial charge is 0.253 e. The topological polar surface area (TPSA) is 64.8 Å².